The molecule has 2 saturated carbocycles. The minimum atomic E-state index is -0.659. The highest BCUT2D eigenvalue weighted by molar-refractivity contribution is 5.96. The smallest absolute Gasteiger partial charge is 0.321 e. The molecule has 4 amide bonds. The molecule has 2 N–H and O–H groups in total. The van der Waals surface area contributed by atoms with Gasteiger partial charge in [0.1, 0.15) is 0 Å². The van der Waals surface area contributed by atoms with Crippen molar-refractivity contribution in [2.75, 3.05) is 13.2 Å². The van der Waals surface area contributed by atoms with E-state index < -0.39 is 30.4 Å². The summed E-state index contributed by atoms with van der Waals surface area (Å²) in [6.07, 6.45) is 9.53. The number of carbonyl (C=O) groups is 4. The molecule has 3 rings (SSSR count). The highest BCUT2D eigenvalue weighted by Crippen LogP contribution is 2.29. The van der Waals surface area contributed by atoms with E-state index in [4.69, 9.17) is 4.74 Å². The number of hydrogen-bond acceptors (Lipinski definition) is 5. The van der Waals surface area contributed by atoms with Crippen LogP contribution in [0.5, 0.6) is 0 Å². The van der Waals surface area contributed by atoms with Crippen molar-refractivity contribution in [3.05, 3.63) is 0 Å². The van der Waals surface area contributed by atoms with Crippen molar-refractivity contribution < 1.29 is 23.9 Å². The van der Waals surface area contributed by atoms with Crippen LogP contribution in [0.3, 0.4) is 0 Å². The van der Waals surface area contributed by atoms with Crippen molar-refractivity contribution in [1.29, 1.82) is 0 Å². The van der Waals surface area contributed by atoms with Gasteiger partial charge in [-0.3, -0.25) is 19.7 Å². The first-order chi connectivity index (χ1) is 13.0. The number of nitrogens with zero attached hydrogens (tertiary/aromatic N) is 1. The molecule has 0 aromatic rings. The Balaban J connectivity index is 1.36. The monoisotopic (exact) mass is 379 g/mol. The number of likely N-dealkylation sites (tertiary alicyclic amines) is 1. The normalized spacial score (nSPS) is 24.1. The standard InChI is InChI=1S/C19H29N3O5/c23-16(21-19(26)20-14-6-2-1-3-7-14)12-27-18(25)13-10-17(24)22(11-13)15-8-4-5-9-15/h13-15H,1-12H2,(H2,20,21,23,26)/t13-/m1/s1. The number of rotatable bonds is 5. The maximum atomic E-state index is 12.2. The number of urea groups is 1. The Labute approximate surface area is 159 Å². The molecule has 8 nitrogen and oxygen atoms in total. The van der Waals surface area contributed by atoms with E-state index in [0.29, 0.717) is 6.54 Å². The fraction of sp³-hybridized carbons (Fsp3) is 0.789. The molecule has 3 fully saturated rings. The van der Waals surface area contributed by atoms with Crippen LogP contribution in [-0.4, -0.2) is 54.0 Å². The number of imide groups is 1. The molecule has 0 aromatic heterocycles. The summed E-state index contributed by atoms with van der Waals surface area (Å²) in [6, 6.07) is -0.214. The zero-order valence-electron chi connectivity index (χ0n) is 15.7. The first-order valence-electron chi connectivity index (χ1n) is 10.1. The zero-order chi connectivity index (χ0) is 19.2. The lowest BCUT2D eigenvalue weighted by Gasteiger charge is -2.23. The Morgan fingerprint density at radius 1 is 1.00 bits per heavy atom. The molecule has 0 unspecified atom stereocenters. The first-order valence-corrected chi connectivity index (χ1v) is 10.1. The molecular weight excluding hydrogens is 350 g/mol. The Morgan fingerprint density at radius 3 is 2.37 bits per heavy atom. The van der Waals surface area contributed by atoms with Gasteiger partial charge in [0.05, 0.1) is 5.92 Å². The van der Waals surface area contributed by atoms with Crippen LogP contribution in [0.1, 0.15) is 64.2 Å². The number of nitrogens with one attached hydrogen (secondary N) is 2. The van der Waals surface area contributed by atoms with Crippen molar-refractivity contribution in [3.63, 3.8) is 0 Å². The van der Waals surface area contributed by atoms with Gasteiger partial charge in [0.15, 0.2) is 6.61 Å². The molecule has 0 bridgehead atoms. The molecule has 0 spiro atoms. The lowest BCUT2D eigenvalue weighted by Crippen LogP contribution is -2.46. The molecule has 3 aliphatic rings. The van der Waals surface area contributed by atoms with Gasteiger partial charge in [0.25, 0.3) is 5.91 Å². The molecule has 27 heavy (non-hydrogen) atoms. The Hall–Kier alpha value is -2.12. The van der Waals surface area contributed by atoms with Gasteiger partial charge in [0, 0.05) is 25.0 Å². The zero-order valence-corrected chi connectivity index (χ0v) is 15.7. The van der Waals surface area contributed by atoms with Crippen LogP contribution in [-0.2, 0) is 19.1 Å². The van der Waals surface area contributed by atoms with E-state index in [2.05, 4.69) is 10.6 Å². The molecule has 1 atom stereocenters. The number of carbonyl (C=O) groups excluding carboxylic acids is 4. The van der Waals surface area contributed by atoms with Gasteiger partial charge in [-0.05, 0) is 25.7 Å². The van der Waals surface area contributed by atoms with Crippen LogP contribution in [0.4, 0.5) is 4.79 Å². The number of hydrogen-bond donors (Lipinski definition) is 2. The lowest BCUT2D eigenvalue weighted by molar-refractivity contribution is -0.152. The van der Waals surface area contributed by atoms with E-state index in [1.165, 1.54) is 6.42 Å². The van der Waals surface area contributed by atoms with Gasteiger partial charge in [-0.2, -0.15) is 0 Å². The van der Waals surface area contributed by atoms with E-state index in [9.17, 15) is 19.2 Å². The molecule has 150 valence electrons. The van der Waals surface area contributed by atoms with E-state index in [0.717, 1.165) is 51.4 Å². The summed E-state index contributed by atoms with van der Waals surface area (Å²) in [6.45, 7) is -0.142. The van der Waals surface area contributed by atoms with Crippen LogP contribution in [0.25, 0.3) is 0 Å². The van der Waals surface area contributed by atoms with Crippen LogP contribution in [0.15, 0.2) is 0 Å². The number of amides is 4. The van der Waals surface area contributed by atoms with Gasteiger partial charge in [0.2, 0.25) is 5.91 Å². The average molecular weight is 379 g/mol. The minimum Gasteiger partial charge on any atom is -0.455 e. The fourth-order valence-electron chi connectivity index (χ4n) is 4.34. The van der Waals surface area contributed by atoms with Gasteiger partial charge in [-0.1, -0.05) is 32.1 Å². The summed E-state index contributed by atoms with van der Waals surface area (Å²) in [5, 5.41) is 4.96. The molecule has 0 radical (unpaired) electrons. The second kappa shape index (κ2) is 9.19. The number of ether oxygens (including phenoxy) is 1. The largest absolute Gasteiger partial charge is 0.455 e. The summed E-state index contributed by atoms with van der Waals surface area (Å²) in [5.41, 5.74) is 0. The second-order valence-electron chi connectivity index (χ2n) is 7.85. The molecule has 2 aliphatic carbocycles. The Morgan fingerprint density at radius 2 is 1.67 bits per heavy atom. The first kappa shape index (κ1) is 19.6. The maximum Gasteiger partial charge on any atom is 0.321 e. The summed E-state index contributed by atoms with van der Waals surface area (Å²) >= 11 is 0. The lowest BCUT2D eigenvalue weighted by atomic mass is 9.96. The molecule has 1 aliphatic heterocycles. The van der Waals surface area contributed by atoms with E-state index in [1.807, 2.05) is 0 Å². The number of esters is 1. The third-order valence-corrected chi connectivity index (χ3v) is 5.80. The quantitative estimate of drug-likeness (QED) is 0.704. The topological polar surface area (TPSA) is 105 Å². The Kier molecular flexibility index (Phi) is 6.68. The fourth-order valence-corrected chi connectivity index (χ4v) is 4.34. The third kappa shape index (κ3) is 5.43. The van der Waals surface area contributed by atoms with Crippen LogP contribution < -0.4 is 10.6 Å². The summed E-state index contributed by atoms with van der Waals surface area (Å²) in [4.78, 5) is 49.7. The molecular formula is C19H29N3O5. The Bertz CT molecular complexity index is 582. The van der Waals surface area contributed by atoms with Crippen molar-refractivity contribution in [2.45, 2.75) is 76.3 Å². The van der Waals surface area contributed by atoms with Gasteiger partial charge < -0.3 is 15.0 Å². The van der Waals surface area contributed by atoms with Crippen LogP contribution in [0.2, 0.25) is 0 Å². The van der Waals surface area contributed by atoms with Gasteiger partial charge in [-0.25, -0.2) is 4.79 Å². The van der Waals surface area contributed by atoms with Gasteiger partial charge in [-0.15, -0.1) is 0 Å². The summed E-state index contributed by atoms with van der Waals surface area (Å²) < 4.78 is 5.03. The molecule has 1 saturated heterocycles. The SMILES string of the molecule is O=C(COC(=O)[C@@H]1CC(=O)N(C2CCCC2)C1)NC(=O)NC1CCCCC1. The summed E-state index contributed by atoms with van der Waals surface area (Å²) in [7, 11) is 0. The van der Waals surface area contributed by atoms with E-state index in [1.54, 1.807) is 4.90 Å². The van der Waals surface area contributed by atoms with E-state index >= 15 is 0 Å². The predicted octanol–water partition coefficient (Wildman–Crippen LogP) is 1.48. The van der Waals surface area contributed by atoms with Crippen molar-refractivity contribution >= 4 is 23.8 Å². The van der Waals surface area contributed by atoms with Crippen molar-refractivity contribution in [2.24, 2.45) is 5.92 Å². The van der Waals surface area contributed by atoms with Crippen LogP contribution in [0, 0.1) is 5.92 Å². The van der Waals surface area contributed by atoms with Crippen molar-refractivity contribution in [3.8, 4) is 0 Å². The molecule has 0 aromatic carbocycles. The van der Waals surface area contributed by atoms with Crippen molar-refractivity contribution in [1.82, 2.24) is 15.5 Å². The molecule has 8 heteroatoms. The third-order valence-electron chi connectivity index (χ3n) is 5.80. The predicted molar refractivity (Wildman–Crippen MR) is 96.6 cm³/mol. The minimum absolute atomic E-state index is 0.0137. The summed E-state index contributed by atoms with van der Waals surface area (Å²) in [5.74, 6) is -1.75. The van der Waals surface area contributed by atoms with E-state index in [-0.39, 0.29) is 24.4 Å². The van der Waals surface area contributed by atoms with Crippen LogP contribution >= 0.6 is 0 Å². The average Bonchev–Trinajstić information content (AvgIpc) is 3.29. The van der Waals surface area contributed by atoms with Gasteiger partial charge >= 0.3 is 12.0 Å². The highest BCUT2D eigenvalue weighted by Gasteiger charge is 2.39. The second-order valence-corrected chi connectivity index (χ2v) is 7.85. The molecule has 1 heterocycles. The highest BCUT2D eigenvalue weighted by atomic mass is 16.5. The maximum absolute atomic E-state index is 12.2.